The van der Waals surface area contributed by atoms with Gasteiger partial charge in [0.2, 0.25) is 5.91 Å². The van der Waals surface area contributed by atoms with Crippen LogP contribution in [0.5, 0.6) is 0 Å². The van der Waals surface area contributed by atoms with Crippen molar-refractivity contribution in [1.82, 2.24) is 4.98 Å². The standard InChI is InChI=1S/C23H16Br2N2OS2/c24-17-11-12-19(18(25)13-17)26-20(28)14-29-23-27-21(15-7-3-1-4-8-15)22(30-23)16-9-5-2-6-10-16/h1-13H,14H2,(H,26,28). The summed E-state index contributed by atoms with van der Waals surface area (Å²) in [7, 11) is 0. The normalized spacial score (nSPS) is 10.7. The zero-order chi connectivity index (χ0) is 20.9. The van der Waals surface area contributed by atoms with E-state index >= 15 is 0 Å². The van der Waals surface area contributed by atoms with Gasteiger partial charge in [-0.15, -0.1) is 11.3 Å². The molecule has 0 radical (unpaired) electrons. The van der Waals surface area contributed by atoms with Crippen LogP contribution >= 0.6 is 55.0 Å². The number of benzene rings is 3. The number of thioether (sulfide) groups is 1. The highest BCUT2D eigenvalue weighted by Gasteiger charge is 2.16. The first-order valence-corrected chi connectivity index (χ1v) is 12.5. The topological polar surface area (TPSA) is 42.0 Å². The number of thiazole rings is 1. The van der Waals surface area contributed by atoms with E-state index in [0.717, 1.165) is 40.7 Å². The molecule has 150 valence electrons. The lowest BCUT2D eigenvalue weighted by Gasteiger charge is -2.07. The van der Waals surface area contributed by atoms with E-state index in [1.165, 1.54) is 11.8 Å². The number of anilines is 1. The van der Waals surface area contributed by atoms with Crippen molar-refractivity contribution in [3.63, 3.8) is 0 Å². The molecule has 3 nitrogen and oxygen atoms in total. The van der Waals surface area contributed by atoms with Crippen LogP contribution in [0.2, 0.25) is 0 Å². The second-order valence-corrected chi connectivity index (χ2v) is 10.3. The Balaban J connectivity index is 1.53. The van der Waals surface area contributed by atoms with Crippen LogP contribution in [0.15, 0.2) is 92.1 Å². The highest BCUT2D eigenvalue weighted by molar-refractivity contribution is 9.11. The third-order valence-electron chi connectivity index (χ3n) is 4.22. The maximum atomic E-state index is 12.5. The molecule has 0 saturated carbocycles. The van der Waals surface area contributed by atoms with Crippen LogP contribution in [0.4, 0.5) is 5.69 Å². The molecule has 30 heavy (non-hydrogen) atoms. The number of nitrogens with zero attached hydrogens (tertiary/aromatic N) is 1. The van der Waals surface area contributed by atoms with Gasteiger partial charge in [0.1, 0.15) is 0 Å². The first-order chi connectivity index (χ1) is 14.6. The molecule has 0 aliphatic heterocycles. The molecule has 1 heterocycles. The van der Waals surface area contributed by atoms with Crippen LogP contribution < -0.4 is 5.32 Å². The summed E-state index contributed by atoms with van der Waals surface area (Å²) in [6.07, 6.45) is 0. The molecular weight excluding hydrogens is 544 g/mol. The quantitative estimate of drug-likeness (QED) is 0.246. The van der Waals surface area contributed by atoms with Gasteiger partial charge in [0, 0.05) is 14.5 Å². The maximum absolute atomic E-state index is 12.5. The Kier molecular flexibility index (Phi) is 7.04. The van der Waals surface area contributed by atoms with E-state index in [9.17, 15) is 4.79 Å². The van der Waals surface area contributed by atoms with Crippen molar-refractivity contribution < 1.29 is 4.79 Å². The minimum absolute atomic E-state index is 0.0688. The number of aromatic nitrogens is 1. The van der Waals surface area contributed by atoms with Crippen LogP contribution in [0, 0.1) is 0 Å². The van der Waals surface area contributed by atoms with E-state index in [2.05, 4.69) is 61.4 Å². The zero-order valence-corrected chi connectivity index (χ0v) is 20.4. The lowest BCUT2D eigenvalue weighted by molar-refractivity contribution is -0.113. The van der Waals surface area contributed by atoms with E-state index in [4.69, 9.17) is 4.98 Å². The monoisotopic (exact) mass is 558 g/mol. The van der Waals surface area contributed by atoms with E-state index < -0.39 is 0 Å². The summed E-state index contributed by atoms with van der Waals surface area (Å²) in [5.74, 6) is 0.221. The first-order valence-electron chi connectivity index (χ1n) is 9.09. The predicted molar refractivity (Wildman–Crippen MR) is 134 cm³/mol. The molecule has 0 aliphatic carbocycles. The molecule has 1 amide bonds. The number of carbonyl (C=O) groups excluding carboxylic acids is 1. The average Bonchev–Trinajstić information content (AvgIpc) is 3.20. The largest absolute Gasteiger partial charge is 0.324 e. The summed E-state index contributed by atoms with van der Waals surface area (Å²) in [5, 5.41) is 2.94. The molecule has 0 atom stereocenters. The summed E-state index contributed by atoms with van der Waals surface area (Å²) in [4.78, 5) is 18.4. The Morgan fingerprint density at radius 2 is 1.60 bits per heavy atom. The molecule has 0 aliphatic rings. The SMILES string of the molecule is O=C(CSc1nc(-c2ccccc2)c(-c2ccccc2)s1)Nc1ccc(Br)cc1Br. The van der Waals surface area contributed by atoms with Crippen molar-refractivity contribution in [3.8, 4) is 21.7 Å². The molecule has 0 saturated heterocycles. The van der Waals surface area contributed by atoms with Crippen LogP contribution in [0.1, 0.15) is 0 Å². The molecule has 0 spiro atoms. The van der Waals surface area contributed by atoms with Crippen molar-refractivity contribution in [2.75, 3.05) is 11.1 Å². The molecule has 1 aromatic heterocycles. The molecule has 0 fully saturated rings. The molecule has 1 N–H and O–H groups in total. The van der Waals surface area contributed by atoms with Crippen LogP contribution in [0.25, 0.3) is 21.7 Å². The first kappa shape index (κ1) is 21.3. The number of hydrogen-bond donors (Lipinski definition) is 1. The summed E-state index contributed by atoms with van der Waals surface area (Å²) in [6, 6.07) is 26.1. The highest BCUT2D eigenvalue weighted by atomic mass is 79.9. The highest BCUT2D eigenvalue weighted by Crippen LogP contribution is 2.40. The molecule has 4 rings (SSSR count). The van der Waals surface area contributed by atoms with Gasteiger partial charge < -0.3 is 5.32 Å². The van der Waals surface area contributed by atoms with Crippen molar-refractivity contribution in [3.05, 3.63) is 87.8 Å². The molecular formula is C23H16Br2N2OS2. The maximum Gasteiger partial charge on any atom is 0.234 e. The van der Waals surface area contributed by atoms with Gasteiger partial charge in [0.25, 0.3) is 0 Å². The molecule has 0 bridgehead atoms. The molecule has 4 aromatic rings. The number of carbonyl (C=O) groups is 1. The van der Waals surface area contributed by atoms with Gasteiger partial charge in [-0.25, -0.2) is 4.98 Å². The van der Waals surface area contributed by atoms with E-state index in [1.807, 2.05) is 54.6 Å². The van der Waals surface area contributed by atoms with Gasteiger partial charge in [-0.2, -0.15) is 0 Å². The van der Waals surface area contributed by atoms with Gasteiger partial charge in [-0.05, 0) is 39.7 Å². The molecule has 3 aromatic carbocycles. The number of halogens is 2. The number of hydrogen-bond acceptors (Lipinski definition) is 4. The summed E-state index contributed by atoms with van der Waals surface area (Å²) >= 11 is 9.96. The van der Waals surface area contributed by atoms with Crippen LogP contribution in [0.3, 0.4) is 0 Å². The third kappa shape index (κ3) is 5.21. The lowest BCUT2D eigenvalue weighted by Crippen LogP contribution is -2.14. The molecule has 7 heteroatoms. The van der Waals surface area contributed by atoms with Crippen molar-refractivity contribution >= 4 is 66.6 Å². The van der Waals surface area contributed by atoms with E-state index in [0.29, 0.717) is 5.75 Å². The summed E-state index contributed by atoms with van der Waals surface area (Å²) in [5.41, 5.74) is 3.90. The minimum atomic E-state index is -0.0688. The van der Waals surface area contributed by atoms with Crippen molar-refractivity contribution in [1.29, 1.82) is 0 Å². The van der Waals surface area contributed by atoms with Gasteiger partial charge >= 0.3 is 0 Å². The Morgan fingerprint density at radius 1 is 0.933 bits per heavy atom. The zero-order valence-electron chi connectivity index (χ0n) is 15.6. The fraction of sp³-hybridized carbons (Fsp3) is 0.0435. The van der Waals surface area contributed by atoms with Gasteiger partial charge in [0.05, 0.1) is 22.0 Å². The smallest absolute Gasteiger partial charge is 0.234 e. The molecule has 0 unspecified atom stereocenters. The summed E-state index contributed by atoms with van der Waals surface area (Å²) < 4.78 is 2.66. The van der Waals surface area contributed by atoms with Crippen molar-refractivity contribution in [2.24, 2.45) is 0 Å². The Labute approximate surface area is 200 Å². The fourth-order valence-electron chi connectivity index (χ4n) is 2.84. The number of amides is 1. The van der Waals surface area contributed by atoms with Gasteiger partial charge in [-0.3, -0.25) is 4.79 Å². The van der Waals surface area contributed by atoms with Gasteiger partial charge in [-0.1, -0.05) is 88.4 Å². The average molecular weight is 560 g/mol. The number of nitrogens with one attached hydrogen (secondary N) is 1. The fourth-order valence-corrected chi connectivity index (χ4v) is 5.96. The van der Waals surface area contributed by atoms with E-state index in [-0.39, 0.29) is 5.91 Å². The second kappa shape index (κ2) is 9.92. The van der Waals surface area contributed by atoms with Crippen LogP contribution in [-0.2, 0) is 4.79 Å². The Bertz CT molecular complexity index is 1110. The van der Waals surface area contributed by atoms with Crippen molar-refractivity contribution in [2.45, 2.75) is 4.34 Å². The third-order valence-corrected chi connectivity index (χ3v) is 7.62. The van der Waals surface area contributed by atoms with E-state index in [1.54, 1.807) is 11.3 Å². The second-order valence-electron chi connectivity index (χ2n) is 6.35. The number of rotatable bonds is 6. The van der Waals surface area contributed by atoms with Gasteiger partial charge in [0.15, 0.2) is 4.34 Å². The van der Waals surface area contributed by atoms with Crippen LogP contribution in [-0.4, -0.2) is 16.6 Å². The minimum Gasteiger partial charge on any atom is -0.324 e. The Morgan fingerprint density at radius 3 is 2.27 bits per heavy atom. The Hall–Kier alpha value is -1.93. The summed E-state index contributed by atoms with van der Waals surface area (Å²) in [6.45, 7) is 0. The predicted octanol–water partition coefficient (Wildman–Crippen LogP) is 7.73. The lowest BCUT2D eigenvalue weighted by atomic mass is 10.1.